The highest BCUT2D eigenvalue weighted by molar-refractivity contribution is 7.99. The average molecular weight is 579 g/mol. The molecule has 2 aromatic carbocycles. The van der Waals surface area contributed by atoms with E-state index < -0.39 is 6.04 Å². The first kappa shape index (κ1) is 28.5. The predicted molar refractivity (Wildman–Crippen MR) is 156 cm³/mol. The standard InChI is InChI=1S/C29H34N6O5S/c1-4-39-23-9-7-6-8-22(23)31-27(37)25-19(3)30-28-32-29(41-5-2)33-35(28)26(25)20-10-12-21(13-11-20)40-18-24(36)34-14-16-38-17-15-34/h6-13,26H,4-5,14-18H2,1-3H3,(H,31,37)(H,30,32,33). The molecule has 1 fully saturated rings. The lowest BCUT2D eigenvalue weighted by molar-refractivity contribution is -0.137. The maximum atomic E-state index is 13.8. The minimum absolute atomic E-state index is 0.0522. The Kier molecular flexibility index (Phi) is 9.10. The van der Waals surface area contributed by atoms with E-state index in [1.807, 2.05) is 57.2 Å². The molecule has 1 unspecified atom stereocenters. The van der Waals surface area contributed by atoms with Crippen LogP contribution in [-0.4, -0.2) is 76.7 Å². The number of carbonyl (C=O) groups excluding carboxylic acids is 2. The van der Waals surface area contributed by atoms with Crippen molar-refractivity contribution in [3.63, 3.8) is 0 Å². The summed E-state index contributed by atoms with van der Waals surface area (Å²) in [5.41, 5.74) is 2.57. The second kappa shape index (κ2) is 13.1. The summed E-state index contributed by atoms with van der Waals surface area (Å²) in [6, 6.07) is 14.2. The van der Waals surface area contributed by atoms with E-state index in [0.29, 0.717) is 72.5 Å². The van der Waals surface area contributed by atoms with Crippen molar-refractivity contribution in [3.8, 4) is 11.5 Å². The third kappa shape index (κ3) is 6.49. The topological polar surface area (TPSA) is 120 Å². The Morgan fingerprint density at radius 2 is 1.85 bits per heavy atom. The fraction of sp³-hybridized carbons (Fsp3) is 0.379. The van der Waals surface area contributed by atoms with Crippen molar-refractivity contribution < 1.29 is 23.8 Å². The predicted octanol–water partition coefficient (Wildman–Crippen LogP) is 3.95. The maximum absolute atomic E-state index is 13.8. The highest BCUT2D eigenvalue weighted by Crippen LogP contribution is 2.37. The van der Waals surface area contributed by atoms with Crippen molar-refractivity contribution >= 4 is 35.2 Å². The molecule has 2 aliphatic rings. The lowest BCUT2D eigenvalue weighted by atomic mass is 9.95. The fourth-order valence-corrected chi connectivity index (χ4v) is 5.32. The molecule has 5 rings (SSSR count). The van der Waals surface area contributed by atoms with Crippen molar-refractivity contribution in [3.05, 3.63) is 65.4 Å². The number of nitrogens with one attached hydrogen (secondary N) is 2. The number of hydrogen-bond donors (Lipinski definition) is 2. The van der Waals surface area contributed by atoms with Gasteiger partial charge in [-0.05, 0) is 49.4 Å². The molecule has 11 nitrogen and oxygen atoms in total. The van der Waals surface area contributed by atoms with Gasteiger partial charge < -0.3 is 29.7 Å². The summed E-state index contributed by atoms with van der Waals surface area (Å²) in [6.07, 6.45) is 0. The van der Waals surface area contributed by atoms with Gasteiger partial charge in [0.15, 0.2) is 6.61 Å². The molecule has 0 radical (unpaired) electrons. The van der Waals surface area contributed by atoms with Gasteiger partial charge in [-0.2, -0.15) is 4.98 Å². The van der Waals surface area contributed by atoms with Crippen LogP contribution in [0.1, 0.15) is 32.4 Å². The summed E-state index contributed by atoms with van der Waals surface area (Å²) in [5, 5.41) is 11.6. The molecular weight excluding hydrogens is 544 g/mol. The van der Waals surface area contributed by atoms with Crippen LogP contribution in [0.5, 0.6) is 11.5 Å². The largest absolute Gasteiger partial charge is 0.492 e. The van der Waals surface area contributed by atoms with Crippen molar-refractivity contribution in [2.75, 3.05) is 55.9 Å². The first-order valence-electron chi connectivity index (χ1n) is 13.7. The monoisotopic (exact) mass is 578 g/mol. The van der Waals surface area contributed by atoms with Crippen LogP contribution in [0.4, 0.5) is 11.6 Å². The molecule has 1 saturated heterocycles. The van der Waals surface area contributed by atoms with Gasteiger partial charge in [0.05, 0.1) is 31.1 Å². The molecule has 0 spiro atoms. The van der Waals surface area contributed by atoms with Crippen LogP contribution in [0.15, 0.2) is 65.0 Å². The molecule has 0 aliphatic carbocycles. The maximum Gasteiger partial charge on any atom is 0.260 e. The third-order valence-corrected chi connectivity index (χ3v) is 7.43. The Balaban J connectivity index is 1.41. The molecule has 3 aromatic rings. The van der Waals surface area contributed by atoms with Crippen molar-refractivity contribution in [1.29, 1.82) is 0 Å². The van der Waals surface area contributed by atoms with E-state index in [0.717, 1.165) is 11.3 Å². The molecule has 12 heteroatoms. The van der Waals surface area contributed by atoms with Gasteiger partial charge >= 0.3 is 0 Å². The second-order valence-electron chi connectivity index (χ2n) is 9.40. The van der Waals surface area contributed by atoms with Crippen LogP contribution >= 0.6 is 11.8 Å². The quantitative estimate of drug-likeness (QED) is 0.345. The lowest BCUT2D eigenvalue weighted by Gasteiger charge is -2.29. The molecule has 216 valence electrons. The summed E-state index contributed by atoms with van der Waals surface area (Å²) < 4.78 is 18.6. The van der Waals surface area contributed by atoms with Gasteiger partial charge in [-0.15, -0.1) is 5.10 Å². The second-order valence-corrected chi connectivity index (χ2v) is 10.6. The molecule has 2 aliphatic heterocycles. The lowest BCUT2D eigenvalue weighted by Crippen LogP contribution is -2.42. The minimum Gasteiger partial charge on any atom is -0.492 e. The number of nitrogens with zero attached hydrogens (tertiary/aromatic N) is 4. The van der Waals surface area contributed by atoms with E-state index >= 15 is 0 Å². The van der Waals surface area contributed by atoms with Gasteiger partial charge in [-0.1, -0.05) is 43.0 Å². The molecule has 0 bridgehead atoms. The Labute approximate surface area is 243 Å². The van der Waals surface area contributed by atoms with Crippen LogP contribution in [0, 0.1) is 0 Å². The average Bonchev–Trinajstić information content (AvgIpc) is 3.39. The Morgan fingerprint density at radius 3 is 2.59 bits per heavy atom. The van der Waals surface area contributed by atoms with Gasteiger partial charge in [-0.3, -0.25) is 9.59 Å². The van der Waals surface area contributed by atoms with E-state index in [4.69, 9.17) is 19.3 Å². The van der Waals surface area contributed by atoms with Crippen molar-refractivity contribution in [2.45, 2.75) is 32.0 Å². The molecular formula is C29H34N6O5S. The van der Waals surface area contributed by atoms with Crippen LogP contribution in [0.25, 0.3) is 0 Å². The number of thioether (sulfide) groups is 1. The molecule has 2 N–H and O–H groups in total. The van der Waals surface area contributed by atoms with Gasteiger partial charge in [0, 0.05) is 18.8 Å². The Hall–Kier alpha value is -4.03. The number of rotatable bonds is 10. The van der Waals surface area contributed by atoms with Gasteiger partial charge in [0.2, 0.25) is 11.1 Å². The zero-order chi connectivity index (χ0) is 28.8. The first-order chi connectivity index (χ1) is 20.0. The Bertz CT molecular complexity index is 1420. The number of amides is 2. The highest BCUT2D eigenvalue weighted by Gasteiger charge is 2.34. The number of para-hydroxylation sites is 2. The number of hydrogen-bond acceptors (Lipinski definition) is 9. The molecule has 41 heavy (non-hydrogen) atoms. The summed E-state index contributed by atoms with van der Waals surface area (Å²) in [6.45, 7) is 8.44. The third-order valence-electron chi connectivity index (χ3n) is 6.71. The fourth-order valence-electron chi connectivity index (χ4n) is 4.76. The summed E-state index contributed by atoms with van der Waals surface area (Å²) in [7, 11) is 0. The van der Waals surface area contributed by atoms with E-state index in [-0.39, 0.29) is 18.4 Å². The smallest absolute Gasteiger partial charge is 0.260 e. The van der Waals surface area contributed by atoms with Crippen molar-refractivity contribution in [2.24, 2.45) is 0 Å². The zero-order valence-electron chi connectivity index (χ0n) is 23.4. The van der Waals surface area contributed by atoms with E-state index in [1.165, 1.54) is 11.8 Å². The number of allylic oxidation sites excluding steroid dienone is 1. The minimum atomic E-state index is -0.548. The van der Waals surface area contributed by atoms with E-state index in [9.17, 15) is 9.59 Å². The van der Waals surface area contributed by atoms with Crippen LogP contribution < -0.4 is 20.1 Å². The van der Waals surface area contributed by atoms with Gasteiger partial charge in [0.1, 0.15) is 17.5 Å². The number of morpholine rings is 1. The van der Waals surface area contributed by atoms with Gasteiger partial charge in [0.25, 0.3) is 11.8 Å². The number of fused-ring (bicyclic) bond motifs is 1. The molecule has 0 saturated carbocycles. The highest BCUT2D eigenvalue weighted by atomic mass is 32.2. The number of ether oxygens (including phenoxy) is 3. The molecule has 3 heterocycles. The van der Waals surface area contributed by atoms with E-state index in [2.05, 4.69) is 15.6 Å². The Morgan fingerprint density at radius 1 is 1.10 bits per heavy atom. The van der Waals surface area contributed by atoms with Crippen LogP contribution in [0.3, 0.4) is 0 Å². The van der Waals surface area contributed by atoms with Gasteiger partial charge in [-0.25, -0.2) is 4.68 Å². The van der Waals surface area contributed by atoms with E-state index in [1.54, 1.807) is 21.7 Å². The molecule has 2 amide bonds. The zero-order valence-corrected chi connectivity index (χ0v) is 24.2. The summed E-state index contributed by atoms with van der Waals surface area (Å²) >= 11 is 1.53. The summed E-state index contributed by atoms with van der Waals surface area (Å²) in [5.74, 6) is 2.17. The number of aromatic nitrogens is 3. The number of anilines is 2. The number of benzene rings is 2. The van der Waals surface area contributed by atoms with Crippen molar-refractivity contribution in [1.82, 2.24) is 19.7 Å². The number of carbonyl (C=O) groups is 2. The normalized spacial score (nSPS) is 16.6. The first-order valence-corrected chi connectivity index (χ1v) is 14.7. The van der Waals surface area contributed by atoms with Crippen LogP contribution in [0.2, 0.25) is 0 Å². The molecule has 1 aromatic heterocycles. The molecule has 1 atom stereocenters. The SMILES string of the molecule is CCOc1ccccc1NC(=O)C1=C(C)Nc2nc(SCC)nn2C1c1ccc(OCC(=O)N2CCOCC2)cc1. The summed E-state index contributed by atoms with van der Waals surface area (Å²) in [4.78, 5) is 32.7. The van der Waals surface area contributed by atoms with Crippen LogP contribution in [-0.2, 0) is 14.3 Å².